The van der Waals surface area contributed by atoms with Gasteiger partial charge in [-0.2, -0.15) is 4.31 Å². The maximum Gasteiger partial charge on any atom is 0.243 e. The van der Waals surface area contributed by atoms with Crippen molar-refractivity contribution >= 4 is 21.6 Å². The molecular weight excluding hydrogens is 372 g/mol. The van der Waals surface area contributed by atoms with E-state index < -0.39 is 10.0 Å². The second-order valence-corrected chi connectivity index (χ2v) is 8.72. The predicted octanol–water partition coefficient (Wildman–Crippen LogP) is 4.05. The average molecular weight is 389 g/mol. The van der Waals surface area contributed by atoms with Gasteiger partial charge < -0.3 is 4.52 Å². The molecule has 0 saturated carbocycles. The van der Waals surface area contributed by atoms with Gasteiger partial charge in [-0.15, -0.1) is 0 Å². The molecule has 2 heterocycles. The van der Waals surface area contributed by atoms with E-state index in [4.69, 9.17) is 16.1 Å². The highest BCUT2D eigenvalue weighted by Gasteiger charge is 2.32. The summed E-state index contributed by atoms with van der Waals surface area (Å²) < 4.78 is 32.7. The Morgan fingerprint density at radius 2 is 1.77 bits per heavy atom. The minimum atomic E-state index is -3.55. The lowest BCUT2D eigenvalue weighted by Gasteiger charge is -2.25. The van der Waals surface area contributed by atoms with Crippen LogP contribution < -0.4 is 0 Å². The molecule has 0 aliphatic carbocycles. The quantitative estimate of drug-likeness (QED) is 0.679. The lowest BCUT2D eigenvalue weighted by molar-refractivity contribution is 0.371. The third kappa shape index (κ3) is 3.05. The largest absolute Gasteiger partial charge is 0.356 e. The summed E-state index contributed by atoms with van der Waals surface area (Å²) in [6.07, 6.45) is 0.557. The summed E-state index contributed by atoms with van der Waals surface area (Å²) in [6, 6.07) is 14.2. The van der Waals surface area contributed by atoms with Crippen LogP contribution in [0.4, 0.5) is 0 Å². The number of halogens is 1. The van der Waals surface area contributed by atoms with Crippen molar-refractivity contribution in [2.75, 3.05) is 6.54 Å². The van der Waals surface area contributed by atoms with Crippen LogP contribution in [0.3, 0.4) is 0 Å². The van der Waals surface area contributed by atoms with E-state index in [-0.39, 0.29) is 6.54 Å². The molecule has 7 heteroatoms. The SMILES string of the molecule is Cc1ccc(S(=O)(=O)N2CCc3c(noc3-c3ccc(Cl)cc3)C2)cc1. The van der Waals surface area contributed by atoms with E-state index in [1.807, 2.05) is 19.1 Å². The molecule has 1 aliphatic rings. The molecule has 0 saturated heterocycles. The molecule has 0 unspecified atom stereocenters. The highest BCUT2D eigenvalue weighted by Crippen LogP contribution is 2.32. The fraction of sp³-hybridized carbons (Fsp3) is 0.211. The molecule has 1 aromatic heterocycles. The first-order valence-electron chi connectivity index (χ1n) is 8.25. The van der Waals surface area contributed by atoms with Crippen molar-refractivity contribution in [1.29, 1.82) is 0 Å². The molecule has 0 atom stereocenters. The van der Waals surface area contributed by atoms with Crippen molar-refractivity contribution in [1.82, 2.24) is 9.46 Å². The minimum absolute atomic E-state index is 0.211. The maximum absolute atomic E-state index is 12.9. The van der Waals surface area contributed by atoms with Crippen LogP contribution in [0.15, 0.2) is 57.9 Å². The van der Waals surface area contributed by atoms with E-state index in [1.54, 1.807) is 36.4 Å². The Kier molecular flexibility index (Phi) is 4.34. The van der Waals surface area contributed by atoms with Crippen LogP contribution in [0, 0.1) is 6.92 Å². The summed E-state index contributed by atoms with van der Waals surface area (Å²) in [5.74, 6) is 0.684. The second kappa shape index (κ2) is 6.54. The highest BCUT2D eigenvalue weighted by atomic mass is 35.5. The van der Waals surface area contributed by atoms with Gasteiger partial charge in [0.25, 0.3) is 0 Å². The Hall–Kier alpha value is -2.15. The van der Waals surface area contributed by atoms with Crippen LogP contribution in [0.2, 0.25) is 5.02 Å². The predicted molar refractivity (Wildman–Crippen MR) is 99.4 cm³/mol. The molecule has 26 heavy (non-hydrogen) atoms. The van der Waals surface area contributed by atoms with E-state index in [0.717, 1.165) is 16.7 Å². The van der Waals surface area contributed by atoms with E-state index in [0.29, 0.717) is 34.3 Å². The van der Waals surface area contributed by atoms with Crippen molar-refractivity contribution < 1.29 is 12.9 Å². The molecular formula is C19H17ClN2O3S. The minimum Gasteiger partial charge on any atom is -0.356 e. The lowest BCUT2D eigenvalue weighted by Crippen LogP contribution is -2.35. The van der Waals surface area contributed by atoms with Gasteiger partial charge in [0.2, 0.25) is 10.0 Å². The van der Waals surface area contributed by atoms with Crippen molar-refractivity contribution in [3.8, 4) is 11.3 Å². The molecule has 0 spiro atoms. The van der Waals surface area contributed by atoms with Gasteiger partial charge in [-0.05, 0) is 49.7 Å². The molecule has 5 nitrogen and oxygen atoms in total. The van der Waals surface area contributed by atoms with Gasteiger partial charge in [0.15, 0.2) is 5.76 Å². The van der Waals surface area contributed by atoms with Gasteiger partial charge in [0.05, 0.1) is 11.4 Å². The van der Waals surface area contributed by atoms with E-state index in [1.165, 1.54) is 4.31 Å². The zero-order chi connectivity index (χ0) is 18.3. The van der Waals surface area contributed by atoms with Gasteiger partial charge in [0, 0.05) is 22.7 Å². The standard InChI is InChI=1S/C19H17ClN2O3S/c1-13-2-8-16(9-3-13)26(23,24)22-11-10-17-18(12-22)21-25-19(17)14-4-6-15(20)7-5-14/h2-9H,10-12H2,1H3. The van der Waals surface area contributed by atoms with Gasteiger partial charge in [-0.3, -0.25) is 0 Å². The van der Waals surface area contributed by atoms with Crippen LogP contribution in [0.5, 0.6) is 0 Å². The summed E-state index contributed by atoms with van der Waals surface area (Å²) >= 11 is 5.93. The Morgan fingerprint density at radius 3 is 2.46 bits per heavy atom. The topological polar surface area (TPSA) is 63.4 Å². The van der Waals surface area contributed by atoms with Crippen LogP contribution in [0.25, 0.3) is 11.3 Å². The van der Waals surface area contributed by atoms with Crippen molar-refractivity contribution in [3.05, 3.63) is 70.4 Å². The summed E-state index contributed by atoms with van der Waals surface area (Å²) in [6.45, 7) is 2.53. The highest BCUT2D eigenvalue weighted by molar-refractivity contribution is 7.89. The normalized spacial score (nSPS) is 15.0. The van der Waals surface area contributed by atoms with Gasteiger partial charge in [0.1, 0.15) is 5.69 Å². The van der Waals surface area contributed by atoms with Crippen LogP contribution in [0.1, 0.15) is 16.8 Å². The first-order valence-corrected chi connectivity index (χ1v) is 10.1. The number of aryl methyl sites for hydroxylation is 1. The molecule has 3 aromatic rings. The molecule has 0 bridgehead atoms. The molecule has 2 aromatic carbocycles. The zero-order valence-corrected chi connectivity index (χ0v) is 15.7. The van der Waals surface area contributed by atoms with Crippen LogP contribution in [-0.4, -0.2) is 24.4 Å². The fourth-order valence-corrected chi connectivity index (χ4v) is 4.63. The third-order valence-corrected chi connectivity index (χ3v) is 6.68. The maximum atomic E-state index is 12.9. The Morgan fingerprint density at radius 1 is 1.08 bits per heavy atom. The summed E-state index contributed by atoms with van der Waals surface area (Å²) in [5, 5.41) is 4.76. The van der Waals surface area contributed by atoms with Crippen molar-refractivity contribution in [2.45, 2.75) is 24.8 Å². The van der Waals surface area contributed by atoms with Crippen molar-refractivity contribution in [2.24, 2.45) is 0 Å². The van der Waals surface area contributed by atoms with Crippen LogP contribution in [-0.2, 0) is 23.0 Å². The third-order valence-electron chi connectivity index (χ3n) is 4.57. The van der Waals surface area contributed by atoms with E-state index in [2.05, 4.69) is 5.16 Å². The number of aromatic nitrogens is 1. The first kappa shape index (κ1) is 17.3. The molecule has 4 rings (SSSR count). The molecule has 134 valence electrons. The Balaban J connectivity index is 1.63. The van der Waals surface area contributed by atoms with Gasteiger partial charge in [-0.1, -0.05) is 34.5 Å². The van der Waals surface area contributed by atoms with Crippen molar-refractivity contribution in [3.63, 3.8) is 0 Å². The van der Waals surface area contributed by atoms with Gasteiger partial charge >= 0.3 is 0 Å². The lowest BCUT2D eigenvalue weighted by atomic mass is 10.0. The summed E-state index contributed by atoms with van der Waals surface area (Å²) in [7, 11) is -3.55. The first-order chi connectivity index (χ1) is 12.4. The van der Waals surface area contributed by atoms with E-state index >= 15 is 0 Å². The van der Waals surface area contributed by atoms with E-state index in [9.17, 15) is 8.42 Å². The number of rotatable bonds is 3. The number of sulfonamides is 1. The number of benzene rings is 2. The molecule has 0 radical (unpaired) electrons. The van der Waals surface area contributed by atoms with Crippen LogP contribution >= 0.6 is 11.6 Å². The molecule has 1 aliphatic heterocycles. The molecule has 0 fully saturated rings. The second-order valence-electron chi connectivity index (χ2n) is 6.35. The number of fused-ring (bicyclic) bond motifs is 1. The molecule has 0 N–H and O–H groups in total. The average Bonchev–Trinajstić information content (AvgIpc) is 3.06. The summed E-state index contributed by atoms with van der Waals surface area (Å²) in [5.41, 5.74) is 3.53. The zero-order valence-electron chi connectivity index (χ0n) is 14.1. The smallest absolute Gasteiger partial charge is 0.243 e. The Labute approximate surface area is 157 Å². The van der Waals surface area contributed by atoms with Gasteiger partial charge in [-0.25, -0.2) is 8.42 Å². The summed E-state index contributed by atoms with van der Waals surface area (Å²) in [4.78, 5) is 0.299. The number of hydrogen-bond donors (Lipinski definition) is 0. The number of hydrogen-bond acceptors (Lipinski definition) is 4. The molecule has 0 amide bonds. The fourth-order valence-electron chi connectivity index (χ4n) is 3.10. The number of nitrogens with zero attached hydrogens (tertiary/aromatic N) is 2. The monoisotopic (exact) mass is 388 g/mol. The Bertz CT molecular complexity index is 1040.